The minimum atomic E-state index is -4.88. The second-order valence-electron chi connectivity index (χ2n) is 3.78. The van der Waals surface area contributed by atoms with Gasteiger partial charge < -0.3 is 25.4 Å². The molecule has 0 fully saturated rings. The van der Waals surface area contributed by atoms with Gasteiger partial charge in [0, 0.05) is 12.1 Å². The largest absolute Gasteiger partial charge is 0.508 e. The molecule has 0 unspecified atom stereocenters. The molecule has 0 aliphatic heterocycles. The zero-order valence-corrected chi connectivity index (χ0v) is 10.2. The van der Waals surface area contributed by atoms with E-state index in [4.69, 9.17) is 15.2 Å². The van der Waals surface area contributed by atoms with Crippen molar-refractivity contribution in [2.45, 2.75) is 18.3 Å². The number of aliphatic hydroxyl groups excluding tert-OH is 1. The minimum absolute atomic E-state index is 0.104. The van der Waals surface area contributed by atoms with E-state index < -0.39 is 18.3 Å². The summed E-state index contributed by atoms with van der Waals surface area (Å²) in [5, 5.41) is 18.6. The minimum Gasteiger partial charge on any atom is -0.508 e. The third kappa shape index (κ3) is 3.21. The molecule has 0 bridgehead atoms. The number of phenols is 1. The maximum absolute atomic E-state index is 12.5. The second-order valence-corrected chi connectivity index (χ2v) is 3.78. The topological polar surface area (TPSA) is 84.9 Å². The third-order valence-corrected chi connectivity index (χ3v) is 2.54. The molecule has 108 valence electrons. The van der Waals surface area contributed by atoms with Crippen molar-refractivity contribution in [3.8, 4) is 17.2 Å². The molecule has 0 saturated carbocycles. The van der Waals surface area contributed by atoms with Crippen molar-refractivity contribution in [1.29, 1.82) is 0 Å². The molecule has 1 aromatic rings. The fourth-order valence-corrected chi connectivity index (χ4v) is 1.61. The highest BCUT2D eigenvalue weighted by Gasteiger charge is 2.44. The molecular weight excluding hydrogens is 267 g/mol. The predicted molar refractivity (Wildman–Crippen MR) is 60.2 cm³/mol. The summed E-state index contributed by atoms with van der Waals surface area (Å²) in [6, 6.07) is 0.368. The lowest BCUT2D eigenvalue weighted by atomic mass is 9.99. The van der Waals surface area contributed by atoms with E-state index in [1.807, 2.05) is 0 Å². The Kier molecular flexibility index (Phi) is 4.48. The molecule has 2 atom stereocenters. The molecule has 0 aliphatic rings. The van der Waals surface area contributed by atoms with Crippen molar-refractivity contribution >= 4 is 0 Å². The monoisotopic (exact) mass is 281 g/mol. The SMILES string of the molecule is COc1cc(O)cc(OC)c1[C@@H](N)[C@@H](O)C(F)(F)F. The summed E-state index contributed by atoms with van der Waals surface area (Å²) >= 11 is 0. The Balaban J connectivity index is 3.32. The molecule has 4 N–H and O–H groups in total. The standard InChI is InChI=1S/C11H14F3NO4/c1-18-6-3-5(16)4-7(19-2)8(6)9(15)10(17)11(12,13)14/h3-4,9-10,16-17H,15H2,1-2H3/t9-,10-/m1/s1. The number of alkyl halides is 3. The van der Waals surface area contributed by atoms with Crippen LogP contribution in [0.3, 0.4) is 0 Å². The summed E-state index contributed by atoms with van der Waals surface area (Å²) in [7, 11) is 2.40. The summed E-state index contributed by atoms with van der Waals surface area (Å²) in [5.41, 5.74) is 5.24. The van der Waals surface area contributed by atoms with E-state index in [0.29, 0.717) is 0 Å². The number of hydrogen-bond donors (Lipinski definition) is 3. The van der Waals surface area contributed by atoms with Gasteiger partial charge in [-0.25, -0.2) is 0 Å². The Morgan fingerprint density at radius 1 is 1.16 bits per heavy atom. The van der Waals surface area contributed by atoms with Crippen LogP contribution in [0.5, 0.6) is 17.2 Å². The number of phenolic OH excluding ortho intramolecular Hbond substituents is 1. The normalized spacial score (nSPS) is 14.9. The van der Waals surface area contributed by atoms with Crippen molar-refractivity contribution in [1.82, 2.24) is 0 Å². The Hall–Kier alpha value is -1.67. The molecule has 8 heteroatoms. The van der Waals surface area contributed by atoms with Gasteiger partial charge in [0.1, 0.15) is 17.2 Å². The number of halogens is 3. The van der Waals surface area contributed by atoms with Crippen molar-refractivity contribution in [3.05, 3.63) is 17.7 Å². The molecular formula is C11H14F3NO4. The van der Waals surface area contributed by atoms with E-state index in [0.717, 1.165) is 12.1 Å². The van der Waals surface area contributed by atoms with Crippen molar-refractivity contribution in [2.75, 3.05) is 14.2 Å². The van der Waals surface area contributed by atoms with Crippen molar-refractivity contribution in [2.24, 2.45) is 5.73 Å². The lowest BCUT2D eigenvalue weighted by Crippen LogP contribution is -2.39. The first-order valence-electron chi connectivity index (χ1n) is 5.17. The first-order chi connectivity index (χ1) is 8.72. The average Bonchev–Trinajstić information content (AvgIpc) is 2.34. The highest BCUT2D eigenvalue weighted by atomic mass is 19.4. The number of hydrogen-bond acceptors (Lipinski definition) is 5. The van der Waals surface area contributed by atoms with Crippen LogP contribution in [-0.4, -0.2) is 36.7 Å². The van der Waals surface area contributed by atoms with Gasteiger partial charge in [-0.15, -0.1) is 0 Å². The van der Waals surface area contributed by atoms with Crippen molar-refractivity contribution < 1.29 is 32.9 Å². The first-order valence-corrected chi connectivity index (χ1v) is 5.17. The number of benzene rings is 1. The molecule has 0 heterocycles. The number of aromatic hydroxyl groups is 1. The molecule has 5 nitrogen and oxygen atoms in total. The molecule has 0 radical (unpaired) electrons. The van der Waals surface area contributed by atoms with Crippen LogP contribution in [0.2, 0.25) is 0 Å². The Bertz CT molecular complexity index is 425. The molecule has 19 heavy (non-hydrogen) atoms. The molecule has 1 aromatic carbocycles. The van der Waals surface area contributed by atoms with Crippen LogP contribution in [0, 0.1) is 0 Å². The van der Waals surface area contributed by atoms with Gasteiger partial charge in [-0.05, 0) is 0 Å². The van der Waals surface area contributed by atoms with Crippen LogP contribution >= 0.6 is 0 Å². The second kappa shape index (κ2) is 5.54. The van der Waals surface area contributed by atoms with Gasteiger partial charge in [0.05, 0.1) is 25.8 Å². The molecule has 0 saturated heterocycles. The fourth-order valence-electron chi connectivity index (χ4n) is 1.61. The van der Waals surface area contributed by atoms with E-state index >= 15 is 0 Å². The summed E-state index contributed by atoms with van der Waals surface area (Å²) in [6.45, 7) is 0. The zero-order valence-electron chi connectivity index (χ0n) is 10.2. The van der Waals surface area contributed by atoms with Crippen LogP contribution in [0.25, 0.3) is 0 Å². The van der Waals surface area contributed by atoms with Crippen LogP contribution in [0.4, 0.5) is 13.2 Å². The van der Waals surface area contributed by atoms with Crippen LogP contribution in [0.15, 0.2) is 12.1 Å². The maximum atomic E-state index is 12.5. The summed E-state index contributed by atoms with van der Waals surface area (Å²) in [5.74, 6) is -0.466. The number of nitrogens with two attached hydrogens (primary N) is 1. The molecule has 1 rings (SSSR count). The lowest BCUT2D eigenvalue weighted by Gasteiger charge is -2.24. The quantitative estimate of drug-likeness (QED) is 0.775. The van der Waals surface area contributed by atoms with E-state index in [1.54, 1.807) is 0 Å². The number of aliphatic hydroxyl groups is 1. The van der Waals surface area contributed by atoms with E-state index in [2.05, 4.69) is 0 Å². The van der Waals surface area contributed by atoms with Gasteiger partial charge in [-0.2, -0.15) is 13.2 Å². The van der Waals surface area contributed by atoms with Gasteiger partial charge in [-0.1, -0.05) is 0 Å². The summed E-state index contributed by atoms with van der Waals surface area (Å²) in [4.78, 5) is 0. The maximum Gasteiger partial charge on any atom is 0.416 e. The molecule has 0 amide bonds. The number of methoxy groups -OCH3 is 2. The molecule has 0 aliphatic carbocycles. The van der Waals surface area contributed by atoms with Gasteiger partial charge in [0.15, 0.2) is 6.10 Å². The average molecular weight is 281 g/mol. The Morgan fingerprint density at radius 3 is 1.89 bits per heavy atom. The Labute approximate surface area is 107 Å². The van der Waals surface area contributed by atoms with E-state index in [-0.39, 0.29) is 22.8 Å². The summed E-state index contributed by atoms with van der Waals surface area (Å²) in [6.07, 6.45) is -7.66. The number of rotatable bonds is 4. The zero-order chi connectivity index (χ0) is 14.8. The highest BCUT2D eigenvalue weighted by molar-refractivity contribution is 5.52. The van der Waals surface area contributed by atoms with Crippen LogP contribution < -0.4 is 15.2 Å². The third-order valence-electron chi connectivity index (χ3n) is 2.54. The Morgan fingerprint density at radius 2 is 1.58 bits per heavy atom. The number of ether oxygens (including phenoxy) is 2. The smallest absolute Gasteiger partial charge is 0.416 e. The van der Waals surface area contributed by atoms with E-state index in [1.165, 1.54) is 14.2 Å². The predicted octanol–water partition coefficient (Wildman–Crippen LogP) is 1.33. The van der Waals surface area contributed by atoms with Gasteiger partial charge >= 0.3 is 6.18 Å². The van der Waals surface area contributed by atoms with Crippen LogP contribution in [-0.2, 0) is 0 Å². The fraction of sp³-hybridized carbons (Fsp3) is 0.455. The molecule has 0 aromatic heterocycles. The lowest BCUT2D eigenvalue weighted by molar-refractivity contribution is -0.210. The first kappa shape index (κ1) is 15.4. The van der Waals surface area contributed by atoms with Gasteiger partial charge in [0.2, 0.25) is 0 Å². The highest BCUT2D eigenvalue weighted by Crippen LogP contribution is 2.40. The summed E-state index contributed by atoms with van der Waals surface area (Å²) < 4.78 is 47.1. The van der Waals surface area contributed by atoms with Gasteiger partial charge in [-0.3, -0.25) is 0 Å². The van der Waals surface area contributed by atoms with Gasteiger partial charge in [0.25, 0.3) is 0 Å². The van der Waals surface area contributed by atoms with Crippen molar-refractivity contribution in [3.63, 3.8) is 0 Å². The molecule has 0 spiro atoms. The van der Waals surface area contributed by atoms with E-state index in [9.17, 15) is 23.4 Å². The van der Waals surface area contributed by atoms with Crippen LogP contribution in [0.1, 0.15) is 11.6 Å².